The van der Waals surface area contributed by atoms with E-state index in [1.807, 2.05) is 5.38 Å². The van der Waals surface area contributed by atoms with Crippen LogP contribution in [0.3, 0.4) is 0 Å². The van der Waals surface area contributed by atoms with E-state index in [9.17, 15) is 0 Å². The van der Waals surface area contributed by atoms with Crippen molar-refractivity contribution in [3.05, 3.63) is 17.5 Å². The van der Waals surface area contributed by atoms with Crippen molar-refractivity contribution in [2.24, 2.45) is 0 Å². The molecule has 2 unspecified atom stereocenters. The predicted molar refractivity (Wildman–Crippen MR) is 72.0 cm³/mol. The molecule has 102 valence electrons. The molecule has 1 aliphatic heterocycles. The number of rotatable bonds is 4. The maximum Gasteiger partial charge on any atom is 0.230 e. The Morgan fingerprint density at radius 2 is 2.42 bits per heavy atom. The van der Waals surface area contributed by atoms with Crippen LogP contribution in [0.5, 0.6) is 0 Å². The van der Waals surface area contributed by atoms with E-state index in [-0.39, 0.29) is 0 Å². The van der Waals surface area contributed by atoms with E-state index < -0.39 is 0 Å². The molecule has 3 rings (SSSR count). The van der Waals surface area contributed by atoms with Gasteiger partial charge in [0, 0.05) is 17.9 Å². The van der Waals surface area contributed by atoms with Crippen molar-refractivity contribution in [2.45, 2.75) is 44.6 Å². The highest BCUT2D eigenvalue weighted by atomic mass is 32.1. The van der Waals surface area contributed by atoms with Crippen LogP contribution >= 0.6 is 11.5 Å². The summed E-state index contributed by atoms with van der Waals surface area (Å²) >= 11 is 1.39. The van der Waals surface area contributed by atoms with E-state index in [0.29, 0.717) is 17.8 Å². The Bertz CT molecular complexity index is 510. The highest BCUT2D eigenvalue weighted by Crippen LogP contribution is 2.31. The van der Waals surface area contributed by atoms with Crippen LogP contribution in [0.1, 0.15) is 44.4 Å². The zero-order chi connectivity index (χ0) is 13.1. The van der Waals surface area contributed by atoms with Crippen LogP contribution in [0.2, 0.25) is 0 Å². The topological polar surface area (TPSA) is 61.0 Å². The normalized spacial score (nSPS) is 23.6. The summed E-state index contributed by atoms with van der Waals surface area (Å²) in [5, 5.41) is 5.97. The molecular weight excluding hydrogens is 262 g/mol. The molecule has 2 atom stereocenters. The predicted octanol–water partition coefficient (Wildman–Crippen LogP) is 3.26. The molecule has 0 aromatic carbocycles. The summed E-state index contributed by atoms with van der Waals surface area (Å²) in [4.78, 5) is 4.50. The summed E-state index contributed by atoms with van der Waals surface area (Å²) in [7, 11) is 0. The molecule has 2 aromatic heterocycles. The van der Waals surface area contributed by atoms with E-state index in [2.05, 4.69) is 21.4 Å². The van der Waals surface area contributed by atoms with Crippen molar-refractivity contribution in [2.75, 3.05) is 6.61 Å². The summed E-state index contributed by atoms with van der Waals surface area (Å²) in [6.07, 6.45) is 6.30. The molecule has 0 amide bonds. The Kier molecular flexibility index (Phi) is 3.89. The number of aromatic nitrogens is 3. The molecule has 3 heterocycles. The summed E-state index contributed by atoms with van der Waals surface area (Å²) in [5.74, 6) is 1.71. The van der Waals surface area contributed by atoms with Gasteiger partial charge in [0.15, 0.2) is 0 Å². The number of hydrogen-bond acceptors (Lipinski definition) is 6. The smallest absolute Gasteiger partial charge is 0.230 e. The number of ether oxygens (including phenoxy) is 1. The summed E-state index contributed by atoms with van der Waals surface area (Å²) in [5.41, 5.74) is 0.928. The second-order valence-electron chi connectivity index (χ2n) is 4.87. The Balaban J connectivity index is 1.72. The zero-order valence-corrected chi connectivity index (χ0v) is 11.7. The zero-order valence-electron chi connectivity index (χ0n) is 10.9. The van der Waals surface area contributed by atoms with E-state index in [4.69, 9.17) is 9.26 Å². The van der Waals surface area contributed by atoms with Crippen molar-refractivity contribution in [3.8, 4) is 11.4 Å². The van der Waals surface area contributed by atoms with Gasteiger partial charge in [-0.1, -0.05) is 18.5 Å². The molecule has 0 aliphatic carbocycles. The fraction of sp³-hybridized carbons (Fsp3) is 0.615. The molecule has 0 saturated carbocycles. The van der Waals surface area contributed by atoms with Gasteiger partial charge in [0.2, 0.25) is 11.7 Å². The maximum absolute atomic E-state index is 5.75. The van der Waals surface area contributed by atoms with Crippen LogP contribution in [0.4, 0.5) is 0 Å². The lowest BCUT2D eigenvalue weighted by Crippen LogP contribution is -2.24. The summed E-state index contributed by atoms with van der Waals surface area (Å²) in [6, 6.07) is 0. The van der Waals surface area contributed by atoms with Crippen molar-refractivity contribution in [3.63, 3.8) is 0 Å². The fourth-order valence-electron chi connectivity index (χ4n) is 2.46. The third-order valence-corrected chi connectivity index (χ3v) is 4.05. The molecule has 0 spiro atoms. The average Bonchev–Trinajstić information content (AvgIpc) is 3.11. The largest absolute Gasteiger partial charge is 0.378 e. The molecule has 0 N–H and O–H groups in total. The van der Waals surface area contributed by atoms with Crippen LogP contribution in [-0.2, 0) is 4.74 Å². The quantitative estimate of drug-likeness (QED) is 0.859. The van der Waals surface area contributed by atoms with Gasteiger partial charge in [-0.25, -0.2) is 4.37 Å². The van der Waals surface area contributed by atoms with E-state index in [0.717, 1.165) is 43.7 Å². The highest BCUT2D eigenvalue weighted by molar-refractivity contribution is 7.03. The van der Waals surface area contributed by atoms with Gasteiger partial charge in [0.05, 0.1) is 17.9 Å². The van der Waals surface area contributed by atoms with Crippen molar-refractivity contribution >= 4 is 11.5 Å². The van der Waals surface area contributed by atoms with Gasteiger partial charge in [0.1, 0.15) is 0 Å². The van der Waals surface area contributed by atoms with E-state index in [1.165, 1.54) is 11.5 Å². The van der Waals surface area contributed by atoms with E-state index >= 15 is 0 Å². The second kappa shape index (κ2) is 5.79. The van der Waals surface area contributed by atoms with Crippen LogP contribution in [0.25, 0.3) is 11.4 Å². The first-order valence-corrected chi connectivity index (χ1v) is 7.55. The minimum atomic E-state index is 0.332. The van der Waals surface area contributed by atoms with Gasteiger partial charge in [-0.15, -0.1) is 0 Å². The van der Waals surface area contributed by atoms with Crippen molar-refractivity contribution in [1.82, 2.24) is 14.5 Å². The highest BCUT2D eigenvalue weighted by Gasteiger charge is 2.27. The molecule has 1 aliphatic rings. The summed E-state index contributed by atoms with van der Waals surface area (Å²) in [6.45, 7) is 2.97. The Labute approximate surface area is 116 Å². The van der Waals surface area contributed by atoms with Gasteiger partial charge in [-0.3, -0.25) is 0 Å². The lowest BCUT2D eigenvalue weighted by molar-refractivity contribution is -0.00302. The first kappa shape index (κ1) is 12.7. The number of nitrogens with zero attached hydrogens (tertiary/aromatic N) is 3. The monoisotopic (exact) mass is 279 g/mol. The summed E-state index contributed by atoms with van der Waals surface area (Å²) < 4.78 is 15.2. The van der Waals surface area contributed by atoms with Gasteiger partial charge in [0.25, 0.3) is 0 Å². The molecule has 1 fully saturated rings. The third kappa shape index (κ3) is 2.84. The van der Waals surface area contributed by atoms with Crippen LogP contribution in [-0.4, -0.2) is 27.2 Å². The first-order chi connectivity index (χ1) is 9.36. The first-order valence-electron chi connectivity index (χ1n) is 6.71. The SMILES string of the molecule is CCCC1CC(c2nc(-c3cnsc3)no2)CCO1. The van der Waals surface area contributed by atoms with Gasteiger partial charge in [-0.2, -0.15) is 4.98 Å². The standard InChI is InChI=1S/C13H17N3O2S/c1-2-3-11-6-9(4-5-17-11)13-15-12(16-18-13)10-7-14-19-8-10/h7-9,11H,2-6H2,1H3. The minimum Gasteiger partial charge on any atom is -0.378 e. The second-order valence-corrected chi connectivity index (χ2v) is 5.53. The van der Waals surface area contributed by atoms with Crippen molar-refractivity contribution < 1.29 is 9.26 Å². The molecule has 2 aromatic rings. The van der Waals surface area contributed by atoms with Gasteiger partial charge in [-0.05, 0) is 30.8 Å². The lowest BCUT2D eigenvalue weighted by Gasteiger charge is -2.27. The Hall–Kier alpha value is -1.27. The van der Waals surface area contributed by atoms with E-state index in [1.54, 1.807) is 6.20 Å². The average molecular weight is 279 g/mol. The molecular formula is C13H17N3O2S. The lowest BCUT2D eigenvalue weighted by atomic mass is 9.93. The molecule has 1 saturated heterocycles. The molecule has 0 bridgehead atoms. The van der Waals surface area contributed by atoms with Gasteiger partial charge >= 0.3 is 0 Å². The Morgan fingerprint density at radius 3 is 3.21 bits per heavy atom. The maximum atomic E-state index is 5.75. The van der Waals surface area contributed by atoms with Crippen LogP contribution < -0.4 is 0 Å². The molecule has 19 heavy (non-hydrogen) atoms. The number of hydrogen-bond donors (Lipinski definition) is 0. The molecule has 0 radical (unpaired) electrons. The van der Waals surface area contributed by atoms with Crippen molar-refractivity contribution in [1.29, 1.82) is 0 Å². The fourth-order valence-corrected chi connectivity index (χ4v) is 2.98. The Morgan fingerprint density at radius 1 is 1.47 bits per heavy atom. The van der Waals surface area contributed by atoms with Gasteiger partial charge < -0.3 is 9.26 Å². The third-order valence-electron chi connectivity index (χ3n) is 3.46. The molecule has 6 heteroatoms. The minimum absolute atomic E-state index is 0.332. The van der Waals surface area contributed by atoms with Crippen LogP contribution in [0.15, 0.2) is 16.1 Å². The van der Waals surface area contributed by atoms with Crippen LogP contribution in [0, 0.1) is 0 Å². The molecule has 5 nitrogen and oxygen atoms in total.